The average Bonchev–Trinajstić information content (AvgIpc) is 3.30. The molecule has 8 heteroatoms. The van der Waals surface area contributed by atoms with Gasteiger partial charge in [0.2, 0.25) is 0 Å². The number of anilines is 3. The molecule has 2 fully saturated rings. The van der Waals surface area contributed by atoms with Gasteiger partial charge in [0.1, 0.15) is 0 Å². The highest BCUT2D eigenvalue weighted by Crippen LogP contribution is 2.45. The lowest BCUT2D eigenvalue weighted by Crippen LogP contribution is -2.26. The third-order valence-corrected chi connectivity index (χ3v) is 9.94. The molecule has 1 unspecified atom stereocenters. The van der Waals surface area contributed by atoms with E-state index >= 15 is 0 Å². The first kappa shape index (κ1) is 30.0. The maximum atomic E-state index is 13.7. The van der Waals surface area contributed by atoms with E-state index < -0.39 is 12.1 Å². The van der Waals surface area contributed by atoms with Gasteiger partial charge in [-0.1, -0.05) is 58.4 Å². The molecular weight excluding hydrogens is 546 g/mol. The number of ether oxygens (including phenoxy) is 1. The zero-order valence-corrected chi connectivity index (χ0v) is 26.0. The molecule has 7 nitrogen and oxygen atoms in total. The summed E-state index contributed by atoms with van der Waals surface area (Å²) in [4.78, 5) is 39.3. The van der Waals surface area contributed by atoms with Crippen molar-refractivity contribution in [2.24, 2.45) is 11.8 Å². The number of benzene rings is 3. The smallest absolute Gasteiger partial charge is 0.411 e. The number of amides is 3. The molecule has 0 radical (unpaired) electrons. The molecule has 3 N–H and O–H groups in total. The number of Topliss-reactive ketones (excluding diaryl/α,β-unsaturated/α-hetero) is 1. The number of hydrogen-bond acceptors (Lipinski definition) is 5. The number of nitrogens with one attached hydrogen (secondary N) is 3. The van der Waals surface area contributed by atoms with Crippen LogP contribution in [0.15, 0.2) is 48.5 Å². The molecule has 2 bridgehead atoms. The monoisotopic (exact) mass is 587 g/mol. The molecule has 1 heterocycles. The number of carbonyl (C=O) groups is 3. The molecule has 0 spiro atoms. The maximum Gasteiger partial charge on any atom is 0.411 e. The van der Waals surface area contributed by atoms with E-state index in [9.17, 15) is 14.4 Å². The van der Waals surface area contributed by atoms with Crippen LogP contribution in [-0.4, -0.2) is 36.0 Å². The Morgan fingerprint density at radius 2 is 1.60 bits per heavy atom. The Bertz CT molecular complexity index is 1500. The average molecular weight is 588 g/mol. The summed E-state index contributed by atoms with van der Waals surface area (Å²) >= 11 is 2.02. The molecule has 42 heavy (non-hydrogen) atoms. The number of thioether (sulfide) groups is 1. The lowest BCUT2D eigenvalue weighted by atomic mass is 9.78. The van der Waals surface area contributed by atoms with Gasteiger partial charge in [0.25, 0.3) is 0 Å². The second-order valence-electron chi connectivity index (χ2n) is 12.5. The van der Waals surface area contributed by atoms with Crippen LogP contribution in [0.3, 0.4) is 0 Å². The van der Waals surface area contributed by atoms with Crippen molar-refractivity contribution in [3.05, 3.63) is 65.2 Å². The summed E-state index contributed by atoms with van der Waals surface area (Å²) in [5.41, 5.74) is 4.19. The molecule has 3 atom stereocenters. The van der Waals surface area contributed by atoms with Crippen LogP contribution in [0, 0.1) is 11.8 Å². The predicted octanol–water partition coefficient (Wildman–Crippen LogP) is 8.63. The van der Waals surface area contributed by atoms with Crippen molar-refractivity contribution in [1.82, 2.24) is 0 Å². The lowest BCUT2D eigenvalue weighted by Gasteiger charge is -2.26. The van der Waals surface area contributed by atoms with Crippen molar-refractivity contribution in [2.75, 3.05) is 28.8 Å². The molecule has 1 saturated heterocycles. The topological polar surface area (TPSA) is 96.5 Å². The predicted molar refractivity (Wildman–Crippen MR) is 173 cm³/mol. The molecule has 1 saturated carbocycles. The fourth-order valence-electron chi connectivity index (χ4n) is 6.27. The Kier molecular flexibility index (Phi) is 8.83. The van der Waals surface area contributed by atoms with E-state index in [1.807, 2.05) is 60.3 Å². The summed E-state index contributed by atoms with van der Waals surface area (Å²) in [6.07, 6.45) is 4.08. The quantitative estimate of drug-likeness (QED) is 0.241. The summed E-state index contributed by atoms with van der Waals surface area (Å²) in [5, 5.41) is 11.2. The largest absolute Gasteiger partial charge is 0.453 e. The van der Waals surface area contributed by atoms with E-state index in [1.165, 1.54) is 19.3 Å². The molecule has 5 rings (SSSR count). The molecule has 3 aromatic rings. The first-order chi connectivity index (χ1) is 20.1. The summed E-state index contributed by atoms with van der Waals surface area (Å²) in [5.74, 6) is 2.10. The van der Waals surface area contributed by atoms with Crippen molar-refractivity contribution in [2.45, 2.75) is 70.5 Å². The van der Waals surface area contributed by atoms with Crippen molar-refractivity contribution < 1.29 is 19.1 Å². The third kappa shape index (κ3) is 6.43. The SMILES string of the molecule is CCCc1c(NC(=O)Nc2ccc(C(=O)C3C[C@@H]4CS[C@H](C3)C4)c3ccccc23)cc(C(C)(C)C)cc1NC(=O)OC. The first-order valence-electron chi connectivity index (χ1n) is 14.8. The normalized spacial score (nSPS) is 19.8. The van der Waals surface area contributed by atoms with Crippen molar-refractivity contribution in [3.63, 3.8) is 0 Å². The highest BCUT2D eigenvalue weighted by molar-refractivity contribution is 8.00. The van der Waals surface area contributed by atoms with Gasteiger partial charge in [0.15, 0.2) is 5.78 Å². The Morgan fingerprint density at radius 1 is 0.905 bits per heavy atom. The minimum Gasteiger partial charge on any atom is -0.453 e. The number of rotatable bonds is 7. The third-order valence-electron chi connectivity index (χ3n) is 8.42. The highest BCUT2D eigenvalue weighted by atomic mass is 32.2. The number of hydrogen-bond donors (Lipinski definition) is 3. The summed E-state index contributed by atoms with van der Waals surface area (Å²) < 4.78 is 4.86. The first-order valence-corrected chi connectivity index (χ1v) is 15.9. The van der Waals surface area contributed by atoms with Crippen LogP contribution in [0.1, 0.15) is 74.9 Å². The molecule has 1 aliphatic carbocycles. The van der Waals surface area contributed by atoms with E-state index in [4.69, 9.17) is 4.74 Å². The van der Waals surface area contributed by atoms with Crippen LogP contribution in [0.25, 0.3) is 10.8 Å². The second-order valence-corrected chi connectivity index (χ2v) is 13.9. The van der Waals surface area contributed by atoms with E-state index in [0.29, 0.717) is 34.7 Å². The summed E-state index contributed by atoms with van der Waals surface area (Å²) in [6, 6.07) is 15.0. The standard InChI is InChI=1S/C34H41N3O4S/c1-6-9-27-29(17-22(34(2,3)4)18-30(27)37-33(40)41-5)36-32(39)35-28-13-12-26(24-10-7-8-11-25(24)28)31(38)21-14-20-15-23(16-21)42-19-20/h7-8,10-13,17-18,20-21,23H,6,9,14-16,19H2,1-5H3,(H,37,40)(H2,35,36,39)/t20-,21?,23-/m0/s1. The lowest BCUT2D eigenvalue weighted by molar-refractivity contribution is 0.0879. The Balaban J connectivity index is 1.43. The van der Waals surface area contributed by atoms with Gasteiger partial charge in [0, 0.05) is 33.5 Å². The molecule has 0 aromatic heterocycles. The molecule has 3 aromatic carbocycles. The van der Waals surface area contributed by atoms with Crippen LogP contribution < -0.4 is 16.0 Å². The van der Waals surface area contributed by atoms with Gasteiger partial charge in [0.05, 0.1) is 12.8 Å². The van der Waals surface area contributed by atoms with E-state index in [2.05, 4.69) is 43.6 Å². The number of carbonyl (C=O) groups excluding carboxylic acids is 3. The van der Waals surface area contributed by atoms with Crippen LogP contribution in [0.5, 0.6) is 0 Å². The number of fused-ring (bicyclic) bond motifs is 3. The van der Waals surface area contributed by atoms with Crippen molar-refractivity contribution >= 4 is 57.5 Å². The maximum absolute atomic E-state index is 13.7. The zero-order valence-electron chi connectivity index (χ0n) is 25.1. The van der Waals surface area contributed by atoms with Crippen LogP contribution in [-0.2, 0) is 16.6 Å². The Labute approximate surface area is 252 Å². The van der Waals surface area contributed by atoms with Gasteiger partial charge < -0.3 is 15.4 Å². The number of ketones is 1. The Morgan fingerprint density at radius 3 is 2.26 bits per heavy atom. The van der Waals surface area contributed by atoms with Gasteiger partial charge in [-0.15, -0.1) is 0 Å². The van der Waals surface area contributed by atoms with Crippen molar-refractivity contribution in [1.29, 1.82) is 0 Å². The van der Waals surface area contributed by atoms with Gasteiger partial charge >= 0.3 is 12.1 Å². The summed E-state index contributed by atoms with van der Waals surface area (Å²) in [7, 11) is 1.33. The van der Waals surface area contributed by atoms with Crippen LogP contribution in [0.4, 0.5) is 26.7 Å². The fraction of sp³-hybridized carbons (Fsp3) is 0.441. The summed E-state index contributed by atoms with van der Waals surface area (Å²) in [6.45, 7) is 8.30. The van der Waals surface area contributed by atoms with Gasteiger partial charge in [-0.05, 0) is 83.5 Å². The van der Waals surface area contributed by atoms with E-state index in [0.717, 1.165) is 46.7 Å². The molecular formula is C34H41N3O4S. The van der Waals surface area contributed by atoms with E-state index in [-0.39, 0.29) is 17.1 Å². The number of urea groups is 1. The Hall–Kier alpha value is -3.52. The fourth-order valence-corrected chi connectivity index (χ4v) is 7.86. The highest BCUT2D eigenvalue weighted by Gasteiger charge is 2.38. The van der Waals surface area contributed by atoms with Crippen molar-refractivity contribution in [3.8, 4) is 0 Å². The van der Waals surface area contributed by atoms with E-state index in [1.54, 1.807) is 0 Å². The molecule has 1 aliphatic heterocycles. The number of methoxy groups -OCH3 is 1. The molecule has 2 aliphatic rings. The second kappa shape index (κ2) is 12.4. The van der Waals surface area contributed by atoms with Gasteiger partial charge in [-0.2, -0.15) is 11.8 Å². The zero-order chi connectivity index (χ0) is 30.0. The molecule has 222 valence electrons. The van der Waals surface area contributed by atoms with Gasteiger partial charge in [-0.3, -0.25) is 10.1 Å². The van der Waals surface area contributed by atoms with Gasteiger partial charge in [-0.25, -0.2) is 9.59 Å². The minimum atomic E-state index is -0.561. The van der Waals surface area contributed by atoms with Crippen LogP contribution in [0.2, 0.25) is 0 Å². The molecule has 3 amide bonds. The van der Waals surface area contributed by atoms with Crippen LogP contribution >= 0.6 is 11.8 Å². The minimum absolute atomic E-state index is 0.0640.